The topological polar surface area (TPSA) is 67.2 Å². The van der Waals surface area contributed by atoms with Gasteiger partial charge in [-0.1, -0.05) is 12.8 Å². The number of nitrogens with two attached hydrogens (primary N) is 1. The fraction of sp³-hybridized carbons (Fsp3) is 0.778. The van der Waals surface area contributed by atoms with Crippen molar-refractivity contribution in [3.63, 3.8) is 0 Å². The van der Waals surface area contributed by atoms with E-state index in [-0.39, 0.29) is 16.9 Å². The van der Waals surface area contributed by atoms with Crippen LogP contribution in [0.25, 0.3) is 0 Å². The SMILES string of the molecule is NC(=S)NNC(=O)C1[C@H]2CCCC[C@H]12. The molecule has 0 heterocycles. The Balaban J connectivity index is 1.79. The largest absolute Gasteiger partial charge is 0.375 e. The average Bonchev–Trinajstić information content (AvgIpc) is 2.88. The molecule has 2 aliphatic rings. The number of carbonyl (C=O) groups excluding carboxylic acids is 1. The Bertz CT molecular complexity index is 257. The molecule has 4 nitrogen and oxygen atoms in total. The number of carbonyl (C=O) groups is 1. The van der Waals surface area contributed by atoms with Crippen molar-refractivity contribution in [1.82, 2.24) is 10.9 Å². The molecule has 4 N–H and O–H groups in total. The Kier molecular flexibility index (Phi) is 2.58. The molecule has 2 saturated carbocycles. The summed E-state index contributed by atoms with van der Waals surface area (Å²) in [4.78, 5) is 11.6. The second-order valence-corrected chi connectivity index (χ2v) is 4.56. The van der Waals surface area contributed by atoms with Gasteiger partial charge in [0.05, 0.1) is 0 Å². The van der Waals surface area contributed by atoms with Crippen LogP contribution in [0.3, 0.4) is 0 Å². The third-order valence-electron chi connectivity index (χ3n) is 3.27. The smallest absolute Gasteiger partial charge is 0.242 e. The van der Waals surface area contributed by atoms with Crippen molar-refractivity contribution < 1.29 is 4.79 Å². The maximum Gasteiger partial charge on any atom is 0.242 e. The van der Waals surface area contributed by atoms with Gasteiger partial charge in [-0.3, -0.25) is 15.6 Å². The molecule has 2 aliphatic carbocycles. The van der Waals surface area contributed by atoms with E-state index in [4.69, 9.17) is 5.73 Å². The van der Waals surface area contributed by atoms with Gasteiger partial charge in [0.2, 0.25) is 5.91 Å². The van der Waals surface area contributed by atoms with E-state index >= 15 is 0 Å². The van der Waals surface area contributed by atoms with E-state index in [2.05, 4.69) is 23.1 Å². The quantitative estimate of drug-likeness (QED) is 0.432. The molecule has 0 bridgehead atoms. The number of hydrogen-bond donors (Lipinski definition) is 3. The Morgan fingerprint density at radius 3 is 2.29 bits per heavy atom. The van der Waals surface area contributed by atoms with Gasteiger partial charge in [-0.2, -0.15) is 0 Å². The highest BCUT2D eigenvalue weighted by Gasteiger charge is 2.54. The van der Waals surface area contributed by atoms with E-state index in [1.807, 2.05) is 0 Å². The Hall–Kier alpha value is -0.840. The second-order valence-electron chi connectivity index (χ2n) is 4.12. The monoisotopic (exact) mass is 213 g/mol. The van der Waals surface area contributed by atoms with Crippen LogP contribution in [0.4, 0.5) is 0 Å². The molecule has 5 heteroatoms. The fourth-order valence-electron chi connectivity index (χ4n) is 2.59. The molecule has 0 radical (unpaired) electrons. The lowest BCUT2D eigenvalue weighted by atomic mass is 10.0. The summed E-state index contributed by atoms with van der Waals surface area (Å²) in [5.41, 5.74) is 10.2. The zero-order chi connectivity index (χ0) is 10.1. The number of hydrogen-bond acceptors (Lipinski definition) is 2. The lowest BCUT2D eigenvalue weighted by Crippen LogP contribution is -2.45. The van der Waals surface area contributed by atoms with E-state index in [1.54, 1.807) is 0 Å². The summed E-state index contributed by atoms with van der Waals surface area (Å²) in [6, 6.07) is 0. The van der Waals surface area contributed by atoms with Crippen LogP contribution in [0.1, 0.15) is 25.7 Å². The highest BCUT2D eigenvalue weighted by molar-refractivity contribution is 7.80. The van der Waals surface area contributed by atoms with Crippen molar-refractivity contribution in [2.45, 2.75) is 25.7 Å². The number of fused-ring (bicyclic) bond motifs is 1. The minimum absolute atomic E-state index is 0.0506. The summed E-state index contributed by atoms with van der Waals surface area (Å²) < 4.78 is 0. The molecular weight excluding hydrogens is 198 g/mol. The highest BCUT2D eigenvalue weighted by Crippen LogP contribution is 2.55. The lowest BCUT2D eigenvalue weighted by molar-refractivity contribution is -0.123. The van der Waals surface area contributed by atoms with Gasteiger partial charge in [-0.15, -0.1) is 0 Å². The molecular formula is C9H15N3OS. The second kappa shape index (κ2) is 3.73. The van der Waals surface area contributed by atoms with Gasteiger partial charge in [0.1, 0.15) is 0 Å². The summed E-state index contributed by atoms with van der Waals surface area (Å²) >= 11 is 4.60. The van der Waals surface area contributed by atoms with Crippen molar-refractivity contribution in [1.29, 1.82) is 0 Å². The zero-order valence-electron chi connectivity index (χ0n) is 7.95. The predicted molar refractivity (Wildman–Crippen MR) is 57.0 cm³/mol. The minimum Gasteiger partial charge on any atom is -0.375 e. The van der Waals surface area contributed by atoms with Crippen molar-refractivity contribution in [3.05, 3.63) is 0 Å². The molecule has 2 rings (SSSR count). The summed E-state index contributed by atoms with van der Waals surface area (Å²) in [6.07, 6.45) is 4.95. The molecule has 1 amide bonds. The first kappa shape index (κ1) is 9.71. The van der Waals surface area contributed by atoms with Gasteiger partial charge in [0.15, 0.2) is 5.11 Å². The van der Waals surface area contributed by atoms with Gasteiger partial charge in [-0.05, 0) is 36.9 Å². The van der Waals surface area contributed by atoms with Crippen LogP contribution in [-0.4, -0.2) is 11.0 Å². The minimum atomic E-state index is 0.0506. The van der Waals surface area contributed by atoms with Crippen LogP contribution in [-0.2, 0) is 4.79 Å². The molecule has 0 saturated heterocycles. The van der Waals surface area contributed by atoms with Gasteiger partial charge in [-0.25, -0.2) is 0 Å². The molecule has 0 unspecified atom stereocenters. The van der Waals surface area contributed by atoms with E-state index in [0.29, 0.717) is 11.8 Å². The zero-order valence-corrected chi connectivity index (χ0v) is 8.77. The van der Waals surface area contributed by atoms with Crippen LogP contribution in [0.5, 0.6) is 0 Å². The molecule has 2 atom stereocenters. The first-order valence-electron chi connectivity index (χ1n) is 5.05. The Morgan fingerprint density at radius 2 is 1.79 bits per heavy atom. The summed E-state index contributed by atoms with van der Waals surface area (Å²) in [5.74, 6) is 1.50. The first-order chi connectivity index (χ1) is 6.70. The van der Waals surface area contributed by atoms with Crippen LogP contribution in [0, 0.1) is 17.8 Å². The number of amides is 1. The maximum absolute atomic E-state index is 11.6. The van der Waals surface area contributed by atoms with E-state index in [1.165, 1.54) is 25.7 Å². The van der Waals surface area contributed by atoms with Crippen molar-refractivity contribution in [3.8, 4) is 0 Å². The van der Waals surface area contributed by atoms with Gasteiger partial charge >= 0.3 is 0 Å². The molecule has 2 fully saturated rings. The van der Waals surface area contributed by atoms with Crippen molar-refractivity contribution >= 4 is 23.2 Å². The van der Waals surface area contributed by atoms with Crippen LogP contribution in [0.2, 0.25) is 0 Å². The molecule has 78 valence electrons. The molecule has 14 heavy (non-hydrogen) atoms. The molecule has 0 aromatic carbocycles. The number of rotatable bonds is 1. The fourth-order valence-corrected chi connectivity index (χ4v) is 2.64. The third kappa shape index (κ3) is 1.82. The van der Waals surface area contributed by atoms with Crippen LogP contribution >= 0.6 is 12.2 Å². The number of hydrazine groups is 1. The normalized spacial score (nSPS) is 34.1. The van der Waals surface area contributed by atoms with Gasteiger partial charge in [0.25, 0.3) is 0 Å². The first-order valence-corrected chi connectivity index (χ1v) is 5.46. The average molecular weight is 213 g/mol. The van der Waals surface area contributed by atoms with E-state index < -0.39 is 0 Å². The highest BCUT2D eigenvalue weighted by atomic mass is 32.1. The maximum atomic E-state index is 11.6. The van der Waals surface area contributed by atoms with E-state index in [9.17, 15) is 4.79 Å². The Morgan fingerprint density at radius 1 is 1.21 bits per heavy atom. The molecule has 0 aliphatic heterocycles. The summed E-state index contributed by atoms with van der Waals surface area (Å²) in [6.45, 7) is 0. The number of nitrogens with one attached hydrogen (secondary N) is 2. The van der Waals surface area contributed by atoms with E-state index in [0.717, 1.165) is 0 Å². The van der Waals surface area contributed by atoms with Gasteiger partial charge in [0, 0.05) is 5.92 Å². The molecule has 0 spiro atoms. The van der Waals surface area contributed by atoms with Crippen molar-refractivity contribution in [2.24, 2.45) is 23.5 Å². The lowest BCUT2D eigenvalue weighted by Gasteiger charge is -2.04. The van der Waals surface area contributed by atoms with Crippen LogP contribution in [0.15, 0.2) is 0 Å². The third-order valence-corrected chi connectivity index (χ3v) is 3.37. The Labute approximate surface area is 88.6 Å². The molecule has 0 aromatic rings. The number of thiocarbonyl (C=S) groups is 1. The van der Waals surface area contributed by atoms with Gasteiger partial charge < -0.3 is 5.73 Å². The summed E-state index contributed by atoms with van der Waals surface area (Å²) in [7, 11) is 0. The molecule has 0 aromatic heterocycles. The standard InChI is InChI=1S/C9H15N3OS/c10-9(14)12-11-8(13)7-5-3-1-2-4-6(5)7/h5-7H,1-4H2,(H,11,13)(H3,10,12,14)/t5-,6-/m0/s1. The predicted octanol–water partition coefficient (Wildman–Crippen LogP) is 0.287. The van der Waals surface area contributed by atoms with Crippen LogP contribution < -0.4 is 16.6 Å². The van der Waals surface area contributed by atoms with Crippen molar-refractivity contribution in [2.75, 3.05) is 0 Å². The summed E-state index contributed by atoms with van der Waals surface area (Å²) in [5, 5.41) is 0.113.